The molecule has 0 bridgehead atoms. The molecule has 0 radical (unpaired) electrons. The van der Waals surface area contributed by atoms with Crippen molar-refractivity contribution < 1.29 is 19.2 Å². The van der Waals surface area contributed by atoms with Crippen LogP contribution in [0.1, 0.15) is 17.5 Å². The quantitative estimate of drug-likeness (QED) is 0.237. The maximum atomic E-state index is 11.8. The largest absolute Gasteiger partial charge is 0.461 e. The van der Waals surface area contributed by atoms with Crippen molar-refractivity contribution in [1.29, 1.82) is 0 Å². The molecule has 0 aliphatic heterocycles. The molecular formula is C20H17NO5. The lowest BCUT2D eigenvalue weighted by atomic mass is 10.1. The molecule has 0 heterocycles. The van der Waals surface area contributed by atoms with E-state index in [0.717, 1.165) is 5.56 Å². The van der Waals surface area contributed by atoms with Crippen molar-refractivity contribution in [3.8, 4) is 0 Å². The van der Waals surface area contributed by atoms with Crippen LogP contribution in [0.3, 0.4) is 0 Å². The number of carbonyl (C=O) groups excluding carboxylic acids is 2. The van der Waals surface area contributed by atoms with E-state index >= 15 is 0 Å². The molecule has 0 spiro atoms. The Morgan fingerprint density at radius 3 is 2.46 bits per heavy atom. The van der Waals surface area contributed by atoms with Crippen LogP contribution in [-0.2, 0) is 14.3 Å². The van der Waals surface area contributed by atoms with Gasteiger partial charge in [-0.3, -0.25) is 19.7 Å². The molecule has 0 saturated heterocycles. The van der Waals surface area contributed by atoms with Gasteiger partial charge in [0.15, 0.2) is 5.78 Å². The van der Waals surface area contributed by atoms with Crippen LogP contribution in [-0.4, -0.2) is 23.3 Å². The zero-order valence-corrected chi connectivity index (χ0v) is 13.9. The number of nitrogens with zero attached hydrogens (tertiary/aromatic N) is 1. The Kier molecular flexibility index (Phi) is 7.00. The van der Waals surface area contributed by atoms with Gasteiger partial charge < -0.3 is 4.74 Å². The third-order valence-corrected chi connectivity index (χ3v) is 3.31. The Morgan fingerprint density at radius 2 is 1.73 bits per heavy atom. The van der Waals surface area contributed by atoms with Gasteiger partial charge in [-0.2, -0.15) is 0 Å². The SMILES string of the molecule is O=C(C=Cc1cccc([N+](=O)[O-])c1)CC(=O)OC/C=C/c1ccccc1. The molecule has 0 amide bonds. The number of esters is 1. The van der Waals surface area contributed by atoms with Crippen molar-refractivity contribution in [1.82, 2.24) is 0 Å². The van der Waals surface area contributed by atoms with E-state index in [2.05, 4.69) is 0 Å². The first kappa shape index (κ1) is 18.8. The number of ether oxygens (including phenoxy) is 1. The number of nitro groups is 1. The molecule has 0 aliphatic rings. The van der Waals surface area contributed by atoms with Gasteiger partial charge >= 0.3 is 5.97 Å². The maximum absolute atomic E-state index is 11.8. The molecule has 0 aliphatic carbocycles. The monoisotopic (exact) mass is 351 g/mol. The summed E-state index contributed by atoms with van der Waals surface area (Å²) in [6.07, 6.45) is 5.76. The molecule has 26 heavy (non-hydrogen) atoms. The highest BCUT2D eigenvalue weighted by Gasteiger charge is 2.08. The fourth-order valence-electron chi connectivity index (χ4n) is 2.07. The van der Waals surface area contributed by atoms with Crippen molar-refractivity contribution in [2.24, 2.45) is 0 Å². The molecule has 0 fully saturated rings. The van der Waals surface area contributed by atoms with E-state index in [1.165, 1.54) is 30.4 Å². The molecule has 2 aromatic rings. The zero-order chi connectivity index (χ0) is 18.8. The van der Waals surface area contributed by atoms with E-state index in [9.17, 15) is 19.7 Å². The van der Waals surface area contributed by atoms with Crippen molar-refractivity contribution in [2.45, 2.75) is 6.42 Å². The molecular weight excluding hydrogens is 334 g/mol. The van der Waals surface area contributed by atoms with E-state index in [-0.39, 0.29) is 18.7 Å². The van der Waals surface area contributed by atoms with E-state index in [1.807, 2.05) is 36.4 Å². The van der Waals surface area contributed by atoms with Crippen LogP contribution in [0, 0.1) is 10.1 Å². The molecule has 6 heteroatoms. The van der Waals surface area contributed by atoms with Gasteiger partial charge in [-0.15, -0.1) is 0 Å². The third-order valence-electron chi connectivity index (χ3n) is 3.31. The molecule has 0 saturated carbocycles. The predicted molar refractivity (Wildman–Crippen MR) is 98.2 cm³/mol. The summed E-state index contributed by atoms with van der Waals surface area (Å²) in [5.74, 6) is -1.06. The number of rotatable bonds is 8. The van der Waals surface area contributed by atoms with Crippen molar-refractivity contribution >= 4 is 29.6 Å². The highest BCUT2D eigenvalue weighted by Crippen LogP contribution is 2.14. The predicted octanol–water partition coefficient (Wildman–Crippen LogP) is 3.82. The van der Waals surface area contributed by atoms with Crippen LogP contribution in [0.4, 0.5) is 5.69 Å². The van der Waals surface area contributed by atoms with Crippen molar-refractivity contribution in [2.75, 3.05) is 6.61 Å². The van der Waals surface area contributed by atoms with Crippen LogP contribution in [0.25, 0.3) is 12.2 Å². The van der Waals surface area contributed by atoms with Crippen LogP contribution in [0.5, 0.6) is 0 Å². The summed E-state index contributed by atoms with van der Waals surface area (Å²) < 4.78 is 4.97. The minimum Gasteiger partial charge on any atom is -0.461 e. The van der Waals surface area contributed by atoms with Crippen LogP contribution in [0.2, 0.25) is 0 Å². The smallest absolute Gasteiger partial charge is 0.313 e. The second-order valence-electron chi connectivity index (χ2n) is 5.32. The molecule has 132 valence electrons. The van der Waals surface area contributed by atoms with Gasteiger partial charge in [-0.1, -0.05) is 54.6 Å². The topological polar surface area (TPSA) is 86.5 Å². The van der Waals surface area contributed by atoms with Gasteiger partial charge in [0.25, 0.3) is 5.69 Å². The fourth-order valence-corrected chi connectivity index (χ4v) is 2.07. The standard InChI is InChI=1S/C20H17NO5/c22-19(12-11-17-8-4-10-18(14-17)21(24)25)15-20(23)26-13-5-9-16-6-2-1-3-7-16/h1-12,14H,13,15H2/b9-5+,12-11?. The second kappa shape index (κ2) is 9.68. The molecule has 0 N–H and O–H groups in total. The number of hydrogen-bond acceptors (Lipinski definition) is 5. The highest BCUT2D eigenvalue weighted by molar-refractivity contribution is 6.04. The van der Waals surface area contributed by atoms with E-state index in [4.69, 9.17) is 4.74 Å². The number of allylic oxidation sites excluding steroid dienone is 1. The number of non-ortho nitro benzene ring substituents is 1. The van der Waals surface area contributed by atoms with E-state index in [1.54, 1.807) is 12.1 Å². The van der Waals surface area contributed by atoms with Crippen molar-refractivity contribution in [3.63, 3.8) is 0 Å². The number of nitro benzene ring substituents is 1. The van der Waals surface area contributed by atoms with Crippen molar-refractivity contribution in [3.05, 3.63) is 88.0 Å². The average molecular weight is 351 g/mol. The summed E-state index contributed by atoms with van der Waals surface area (Å²) in [5.41, 5.74) is 1.43. The van der Waals surface area contributed by atoms with Gasteiger partial charge in [0, 0.05) is 12.1 Å². The minimum absolute atomic E-state index is 0.0655. The Balaban J connectivity index is 1.78. The molecule has 0 aromatic heterocycles. The fraction of sp³-hybridized carbons (Fsp3) is 0.100. The molecule has 0 atom stereocenters. The summed E-state index contributed by atoms with van der Waals surface area (Å²) in [6, 6.07) is 15.4. The van der Waals surface area contributed by atoms with Crippen LogP contribution < -0.4 is 0 Å². The van der Waals surface area contributed by atoms with Gasteiger partial charge in [0.2, 0.25) is 0 Å². The molecule has 6 nitrogen and oxygen atoms in total. The Bertz CT molecular complexity index is 840. The Morgan fingerprint density at radius 1 is 1.00 bits per heavy atom. The van der Waals surface area contributed by atoms with Gasteiger partial charge in [-0.05, 0) is 23.3 Å². The number of ketones is 1. The van der Waals surface area contributed by atoms with Crippen LogP contribution in [0.15, 0.2) is 66.7 Å². The summed E-state index contributed by atoms with van der Waals surface area (Å²) >= 11 is 0. The second-order valence-corrected chi connectivity index (χ2v) is 5.32. The van der Waals surface area contributed by atoms with E-state index < -0.39 is 16.7 Å². The number of carbonyl (C=O) groups is 2. The first-order valence-electron chi connectivity index (χ1n) is 7.87. The van der Waals surface area contributed by atoms with Gasteiger partial charge in [0.1, 0.15) is 13.0 Å². The summed E-state index contributed by atoms with van der Waals surface area (Å²) in [7, 11) is 0. The molecule has 0 unspecified atom stereocenters. The Hall–Kier alpha value is -3.54. The summed E-state index contributed by atoms with van der Waals surface area (Å²) in [5, 5.41) is 10.7. The number of benzene rings is 2. The van der Waals surface area contributed by atoms with Gasteiger partial charge in [-0.25, -0.2) is 0 Å². The third kappa shape index (κ3) is 6.52. The zero-order valence-electron chi connectivity index (χ0n) is 13.9. The van der Waals surface area contributed by atoms with E-state index in [0.29, 0.717) is 5.56 Å². The lowest BCUT2D eigenvalue weighted by Gasteiger charge is -1.99. The first-order chi connectivity index (χ1) is 12.5. The first-order valence-corrected chi connectivity index (χ1v) is 7.87. The average Bonchev–Trinajstić information content (AvgIpc) is 2.64. The lowest BCUT2D eigenvalue weighted by molar-refractivity contribution is -0.384. The highest BCUT2D eigenvalue weighted by atomic mass is 16.6. The normalized spacial score (nSPS) is 10.9. The van der Waals surface area contributed by atoms with Gasteiger partial charge in [0.05, 0.1) is 4.92 Å². The number of hydrogen-bond donors (Lipinski definition) is 0. The lowest BCUT2D eigenvalue weighted by Crippen LogP contribution is -2.09. The maximum Gasteiger partial charge on any atom is 0.313 e. The Labute approximate surface area is 150 Å². The van der Waals surface area contributed by atoms with Crippen LogP contribution >= 0.6 is 0 Å². The molecule has 2 rings (SSSR count). The minimum atomic E-state index is -0.628. The summed E-state index contributed by atoms with van der Waals surface area (Å²) in [6.45, 7) is 0.0790. The summed E-state index contributed by atoms with van der Waals surface area (Å²) in [4.78, 5) is 33.6. The molecule has 2 aromatic carbocycles.